The van der Waals surface area contributed by atoms with Gasteiger partial charge in [0.25, 0.3) is 5.91 Å². The average Bonchev–Trinajstić information content (AvgIpc) is 3.11. The van der Waals surface area contributed by atoms with Crippen LogP contribution in [0, 0.1) is 0 Å². The molecule has 2 amide bonds. The minimum atomic E-state index is -4.39. The van der Waals surface area contributed by atoms with Gasteiger partial charge in [-0.3, -0.25) is 9.59 Å². The van der Waals surface area contributed by atoms with Gasteiger partial charge < -0.3 is 15.4 Å². The summed E-state index contributed by atoms with van der Waals surface area (Å²) in [5.41, 5.74) is 0.692. The fourth-order valence-corrected chi connectivity index (χ4v) is 2.43. The molecule has 134 valence electrons. The summed E-state index contributed by atoms with van der Waals surface area (Å²) in [6.07, 6.45) is -4.39. The number of nitrogens with one attached hydrogen (secondary N) is 2. The van der Waals surface area contributed by atoms with E-state index in [4.69, 9.17) is 0 Å². The molecule has 0 spiro atoms. The minimum absolute atomic E-state index is 0.0932. The first kappa shape index (κ1) is 18.8. The Bertz CT molecular complexity index is 700. The second-order valence-corrected chi connectivity index (χ2v) is 5.93. The van der Waals surface area contributed by atoms with Gasteiger partial charge >= 0.3 is 6.18 Å². The van der Waals surface area contributed by atoms with Gasteiger partial charge in [0.15, 0.2) is 6.61 Å². The van der Waals surface area contributed by atoms with Gasteiger partial charge in [0.2, 0.25) is 5.91 Å². The third-order valence-electron chi connectivity index (χ3n) is 2.97. The van der Waals surface area contributed by atoms with Crippen LogP contribution in [0.3, 0.4) is 0 Å². The maximum Gasteiger partial charge on any atom is 0.422 e. The Kier molecular flexibility index (Phi) is 6.40. The Labute approximate surface area is 145 Å². The number of thiophene rings is 1. The van der Waals surface area contributed by atoms with Gasteiger partial charge in [-0.25, -0.2) is 0 Å². The molecule has 25 heavy (non-hydrogen) atoms. The molecule has 0 bridgehead atoms. The van der Waals surface area contributed by atoms with E-state index in [0.717, 1.165) is 0 Å². The lowest BCUT2D eigenvalue weighted by Crippen LogP contribution is -2.36. The molecule has 2 rings (SSSR count). The number of benzene rings is 1. The van der Waals surface area contributed by atoms with Crippen molar-refractivity contribution in [2.75, 3.05) is 13.2 Å². The highest BCUT2D eigenvalue weighted by atomic mass is 32.1. The third-order valence-corrected chi connectivity index (χ3v) is 3.84. The van der Waals surface area contributed by atoms with Crippen LogP contribution in [0.4, 0.5) is 13.2 Å². The Balaban J connectivity index is 1.71. The molecule has 0 aliphatic heterocycles. The Morgan fingerprint density at radius 1 is 1.08 bits per heavy atom. The molecule has 0 radical (unpaired) electrons. The lowest BCUT2D eigenvalue weighted by molar-refractivity contribution is -0.153. The molecule has 0 fully saturated rings. The highest BCUT2D eigenvalue weighted by Gasteiger charge is 2.28. The summed E-state index contributed by atoms with van der Waals surface area (Å²) in [4.78, 5) is 23.9. The topological polar surface area (TPSA) is 67.4 Å². The van der Waals surface area contributed by atoms with Crippen LogP contribution in [0.5, 0.6) is 5.75 Å². The predicted molar refractivity (Wildman–Crippen MR) is 86.5 cm³/mol. The van der Waals surface area contributed by atoms with Crippen molar-refractivity contribution in [2.24, 2.45) is 0 Å². The van der Waals surface area contributed by atoms with Crippen LogP contribution in [0.15, 0.2) is 41.8 Å². The highest BCUT2D eigenvalue weighted by Crippen LogP contribution is 2.18. The molecule has 0 aliphatic rings. The predicted octanol–water partition coefficient (Wildman–Crippen LogP) is 2.74. The Hall–Kier alpha value is -2.55. The summed E-state index contributed by atoms with van der Waals surface area (Å²) in [6.45, 7) is -1.33. The number of hydrogen-bond donors (Lipinski definition) is 2. The zero-order valence-corrected chi connectivity index (χ0v) is 13.7. The first-order chi connectivity index (χ1) is 11.8. The lowest BCUT2D eigenvalue weighted by atomic mass is 10.2. The summed E-state index contributed by atoms with van der Waals surface area (Å²) in [5, 5.41) is 6.86. The number of alkyl halides is 3. The van der Waals surface area contributed by atoms with Crippen molar-refractivity contribution in [3.63, 3.8) is 0 Å². The quantitative estimate of drug-likeness (QED) is 0.785. The van der Waals surface area contributed by atoms with Crippen molar-refractivity contribution in [2.45, 2.75) is 12.7 Å². The first-order valence-corrected chi connectivity index (χ1v) is 8.08. The van der Waals surface area contributed by atoms with E-state index < -0.39 is 12.8 Å². The van der Waals surface area contributed by atoms with Crippen molar-refractivity contribution < 1.29 is 27.5 Å². The summed E-state index contributed by atoms with van der Waals surface area (Å²) in [7, 11) is 0. The normalized spacial score (nSPS) is 11.0. The third kappa shape index (κ3) is 6.84. The van der Waals surface area contributed by atoms with Crippen LogP contribution in [-0.4, -0.2) is 31.1 Å². The number of hydrogen-bond acceptors (Lipinski definition) is 4. The zero-order valence-electron chi connectivity index (χ0n) is 12.9. The number of ether oxygens (including phenoxy) is 1. The summed E-state index contributed by atoms with van der Waals surface area (Å²) >= 11 is 1.27. The zero-order chi connectivity index (χ0) is 18.3. The summed E-state index contributed by atoms with van der Waals surface area (Å²) in [6, 6.07) is 9.28. The van der Waals surface area contributed by atoms with Crippen molar-refractivity contribution in [1.82, 2.24) is 10.6 Å². The van der Waals surface area contributed by atoms with Crippen molar-refractivity contribution in [3.8, 4) is 5.75 Å². The second kappa shape index (κ2) is 8.52. The number of amides is 2. The van der Waals surface area contributed by atoms with Gasteiger partial charge in [0.05, 0.1) is 11.4 Å². The molecule has 1 aromatic carbocycles. The van der Waals surface area contributed by atoms with Crippen LogP contribution in [0.25, 0.3) is 0 Å². The fourth-order valence-electron chi connectivity index (χ4n) is 1.79. The number of rotatable bonds is 7. The standard InChI is InChI=1S/C16H15F3N2O3S/c17-16(18,19)10-24-12-5-3-11(4-6-12)8-20-14(22)9-21-15(23)13-2-1-7-25-13/h1-7H,8-10H2,(H,20,22)(H,21,23). The SMILES string of the molecule is O=C(CNC(=O)c1cccs1)NCc1ccc(OCC(F)(F)F)cc1. The molecule has 0 saturated heterocycles. The molecular weight excluding hydrogens is 357 g/mol. The Morgan fingerprint density at radius 2 is 1.80 bits per heavy atom. The van der Waals surface area contributed by atoms with Crippen molar-refractivity contribution in [1.29, 1.82) is 0 Å². The lowest BCUT2D eigenvalue weighted by Gasteiger charge is -2.10. The van der Waals surface area contributed by atoms with Gasteiger partial charge in [0, 0.05) is 6.54 Å². The molecular formula is C16H15F3N2O3S. The number of halogens is 3. The molecule has 1 aromatic heterocycles. The smallest absolute Gasteiger partial charge is 0.422 e. The largest absolute Gasteiger partial charge is 0.484 e. The van der Waals surface area contributed by atoms with Crippen LogP contribution < -0.4 is 15.4 Å². The van der Waals surface area contributed by atoms with Gasteiger partial charge in [-0.1, -0.05) is 18.2 Å². The minimum Gasteiger partial charge on any atom is -0.484 e. The van der Waals surface area contributed by atoms with E-state index in [2.05, 4.69) is 15.4 Å². The van der Waals surface area contributed by atoms with Crippen LogP contribution in [0.2, 0.25) is 0 Å². The average molecular weight is 372 g/mol. The van der Waals surface area contributed by atoms with Crippen LogP contribution in [0.1, 0.15) is 15.2 Å². The van der Waals surface area contributed by atoms with Gasteiger partial charge in [-0.15, -0.1) is 11.3 Å². The van der Waals surface area contributed by atoms with Crippen LogP contribution in [-0.2, 0) is 11.3 Å². The molecule has 9 heteroatoms. The van der Waals surface area contributed by atoms with E-state index in [1.807, 2.05) is 0 Å². The second-order valence-electron chi connectivity index (χ2n) is 4.98. The van der Waals surface area contributed by atoms with Gasteiger partial charge in [0.1, 0.15) is 5.75 Å². The molecule has 5 nitrogen and oxygen atoms in total. The molecule has 0 saturated carbocycles. The van der Waals surface area contributed by atoms with E-state index in [0.29, 0.717) is 10.4 Å². The molecule has 0 unspecified atom stereocenters. The van der Waals surface area contributed by atoms with Gasteiger partial charge in [-0.2, -0.15) is 13.2 Å². The first-order valence-electron chi connectivity index (χ1n) is 7.20. The molecule has 0 atom stereocenters. The molecule has 2 N–H and O–H groups in total. The van der Waals surface area contributed by atoms with E-state index >= 15 is 0 Å². The van der Waals surface area contributed by atoms with E-state index in [1.165, 1.54) is 23.5 Å². The van der Waals surface area contributed by atoms with E-state index in [1.54, 1.807) is 29.6 Å². The molecule has 2 aromatic rings. The van der Waals surface area contributed by atoms with Gasteiger partial charge in [-0.05, 0) is 29.1 Å². The van der Waals surface area contributed by atoms with E-state index in [-0.39, 0.29) is 30.7 Å². The monoisotopic (exact) mass is 372 g/mol. The fraction of sp³-hybridized carbons (Fsp3) is 0.250. The van der Waals surface area contributed by atoms with E-state index in [9.17, 15) is 22.8 Å². The van der Waals surface area contributed by atoms with Crippen LogP contribution >= 0.6 is 11.3 Å². The van der Waals surface area contributed by atoms with Crippen molar-refractivity contribution in [3.05, 3.63) is 52.2 Å². The van der Waals surface area contributed by atoms with Crippen molar-refractivity contribution >= 4 is 23.2 Å². The highest BCUT2D eigenvalue weighted by molar-refractivity contribution is 7.12. The Morgan fingerprint density at radius 3 is 2.40 bits per heavy atom. The maximum atomic E-state index is 12.0. The maximum absolute atomic E-state index is 12.0. The summed E-state index contributed by atoms with van der Waals surface area (Å²) < 4.78 is 40.7. The number of carbonyl (C=O) groups is 2. The molecule has 0 aliphatic carbocycles. The summed E-state index contributed by atoms with van der Waals surface area (Å²) in [5.74, 6) is -0.603. The molecule has 1 heterocycles. The number of carbonyl (C=O) groups excluding carboxylic acids is 2.